The molecule has 1 aliphatic carbocycles. The molecule has 0 radical (unpaired) electrons. The van der Waals surface area contributed by atoms with Gasteiger partial charge in [0.1, 0.15) is 6.04 Å². The Morgan fingerprint density at radius 3 is 2.70 bits per heavy atom. The fourth-order valence-electron chi connectivity index (χ4n) is 3.01. The summed E-state index contributed by atoms with van der Waals surface area (Å²) in [6.45, 7) is 6.07. The van der Waals surface area contributed by atoms with Crippen molar-refractivity contribution < 1.29 is 14.4 Å². The van der Waals surface area contributed by atoms with E-state index < -0.39 is 0 Å². The number of carbonyl (C=O) groups excluding carboxylic acids is 1. The van der Waals surface area contributed by atoms with Crippen molar-refractivity contribution in [1.29, 1.82) is 0 Å². The molecule has 2 amide bonds. The van der Waals surface area contributed by atoms with Gasteiger partial charge in [-0.2, -0.15) is 4.98 Å². The topological polar surface area (TPSA) is 100 Å². The molecule has 3 atom stereocenters. The molecule has 1 aromatic heterocycles. The third kappa shape index (κ3) is 5.49. The van der Waals surface area contributed by atoms with Crippen molar-refractivity contribution in [2.75, 3.05) is 6.54 Å². The van der Waals surface area contributed by atoms with Crippen molar-refractivity contribution in [1.82, 2.24) is 20.8 Å². The zero-order valence-electron chi connectivity index (χ0n) is 14.2. The van der Waals surface area contributed by atoms with Gasteiger partial charge < -0.3 is 20.3 Å². The lowest BCUT2D eigenvalue weighted by atomic mass is 10.1. The molecule has 23 heavy (non-hydrogen) atoms. The number of hydrogen-bond donors (Lipinski definition) is 3. The highest BCUT2D eigenvalue weighted by Crippen LogP contribution is 2.32. The van der Waals surface area contributed by atoms with Crippen LogP contribution in [0.25, 0.3) is 0 Å². The number of hydrogen-bond acceptors (Lipinski definition) is 5. The molecule has 1 aliphatic rings. The first-order chi connectivity index (χ1) is 11.0. The van der Waals surface area contributed by atoms with Crippen molar-refractivity contribution in [3.05, 3.63) is 11.7 Å². The lowest BCUT2D eigenvalue weighted by Crippen LogP contribution is -2.39. The van der Waals surface area contributed by atoms with E-state index in [4.69, 9.17) is 4.52 Å². The number of carbonyl (C=O) groups is 1. The van der Waals surface area contributed by atoms with Crippen molar-refractivity contribution >= 4 is 6.03 Å². The summed E-state index contributed by atoms with van der Waals surface area (Å²) >= 11 is 0. The van der Waals surface area contributed by atoms with Crippen LogP contribution in [0.5, 0.6) is 0 Å². The Morgan fingerprint density at radius 2 is 2.04 bits per heavy atom. The van der Waals surface area contributed by atoms with Crippen molar-refractivity contribution in [3.63, 3.8) is 0 Å². The summed E-state index contributed by atoms with van der Waals surface area (Å²) < 4.78 is 5.28. The van der Waals surface area contributed by atoms with Gasteiger partial charge in [0, 0.05) is 12.5 Å². The molecule has 0 spiro atoms. The minimum Gasteiger partial charge on any atom is -0.393 e. The monoisotopic (exact) mass is 324 g/mol. The zero-order chi connectivity index (χ0) is 16.8. The Kier molecular flexibility index (Phi) is 6.38. The molecule has 0 aromatic carbocycles. The van der Waals surface area contributed by atoms with Crippen molar-refractivity contribution in [2.45, 2.75) is 70.9 Å². The molecule has 1 fully saturated rings. The van der Waals surface area contributed by atoms with Crippen LogP contribution < -0.4 is 10.6 Å². The highest BCUT2D eigenvalue weighted by atomic mass is 16.5. The molecule has 0 saturated heterocycles. The Bertz CT molecular complexity index is 497. The third-order valence-corrected chi connectivity index (χ3v) is 4.25. The highest BCUT2D eigenvalue weighted by molar-refractivity contribution is 5.74. The Hall–Kier alpha value is -1.63. The summed E-state index contributed by atoms with van der Waals surface area (Å²) in [5, 5.41) is 19.0. The second-order valence-corrected chi connectivity index (χ2v) is 6.74. The summed E-state index contributed by atoms with van der Waals surface area (Å²) in [4.78, 5) is 16.3. The van der Waals surface area contributed by atoms with E-state index in [1.807, 2.05) is 13.8 Å². The van der Waals surface area contributed by atoms with Gasteiger partial charge in [0.25, 0.3) is 0 Å². The van der Waals surface area contributed by atoms with Crippen molar-refractivity contribution in [2.24, 2.45) is 5.92 Å². The van der Waals surface area contributed by atoms with E-state index in [1.165, 1.54) is 12.8 Å². The van der Waals surface area contributed by atoms with Gasteiger partial charge in [-0.3, -0.25) is 0 Å². The lowest BCUT2D eigenvalue weighted by Gasteiger charge is -2.16. The number of amides is 2. The second-order valence-electron chi connectivity index (χ2n) is 6.74. The minimum absolute atomic E-state index is 0.216. The summed E-state index contributed by atoms with van der Waals surface area (Å²) in [6.07, 6.45) is 4.96. The maximum absolute atomic E-state index is 11.9. The molecular weight excluding hydrogens is 296 g/mol. The van der Waals surface area contributed by atoms with Gasteiger partial charge >= 0.3 is 6.03 Å². The summed E-state index contributed by atoms with van der Waals surface area (Å²) in [5.41, 5.74) is 0. The SMILES string of the molecule is CC(O)CC(C)CNC(=O)NC(C)c1nc(C2CCCC2)no1. The van der Waals surface area contributed by atoms with Crippen LogP contribution in [0.1, 0.15) is 76.6 Å². The van der Waals surface area contributed by atoms with Crippen LogP contribution in [0.4, 0.5) is 4.79 Å². The van der Waals surface area contributed by atoms with Crippen LogP contribution in [0, 0.1) is 5.92 Å². The third-order valence-electron chi connectivity index (χ3n) is 4.25. The van der Waals surface area contributed by atoms with E-state index in [1.54, 1.807) is 6.92 Å². The summed E-state index contributed by atoms with van der Waals surface area (Å²) in [7, 11) is 0. The largest absolute Gasteiger partial charge is 0.393 e. The fourth-order valence-corrected chi connectivity index (χ4v) is 3.01. The van der Waals surface area contributed by atoms with Crippen LogP contribution in [0.3, 0.4) is 0 Å². The molecule has 0 bridgehead atoms. The molecule has 1 aromatic rings. The van der Waals surface area contributed by atoms with Gasteiger partial charge in [0.2, 0.25) is 5.89 Å². The number of rotatable bonds is 7. The van der Waals surface area contributed by atoms with Crippen LogP contribution in [-0.4, -0.2) is 33.9 Å². The summed E-state index contributed by atoms with van der Waals surface area (Å²) in [6, 6.07) is -0.597. The first-order valence-electron chi connectivity index (χ1n) is 8.51. The van der Waals surface area contributed by atoms with E-state index in [0.717, 1.165) is 18.7 Å². The standard InChI is InChI=1S/C16H28N4O3/c1-10(8-11(2)21)9-17-16(22)18-12(3)15-19-14(20-23-15)13-6-4-5-7-13/h10-13,21H,4-9H2,1-3H3,(H2,17,18,22). The van der Waals surface area contributed by atoms with Crippen molar-refractivity contribution in [3.8, 4) is 0 Å². The molecule has 7 heteroatoms. The van der Waals surface area contributed by atoms with Gasteiger partial charge in [0.05, 0.1) is 6.10 Å². The number of nitrogens with zero attached hydrogens (tertiary/aromatic N) is 2. The molecule has 1 heterocycles. The number of aliphatic hydroxyl groups excluding tert-OH is 1. The Balaban J connectivity index is 1.77. The van der Waals surface area contributed by atoms with Crippen LogP contribution in [0.2, 0.25) is 0 Å². The molecule has 130 valence electrons. The van der Waals surface area contributed by atoms with Gasteiger partial charge in [-0.15, -0.1) is 0 Å². The molecule has 3 N–H and O–H groups in total. The molecule has 0 aliphatic heterocycles. The number of aliphatic hydroxyl groups is 1. The fraction of sp³-hybridized carbons (Fsp3) is 0.812. The Labute approximate surface area is 137 Å². The van der Waals surface area contributed by atoms with Gasteiger partial charge in [-0.25, -0.2) is 4.79 Å². The maximum atomic E-state index is 11.9. The van der Waals surface area contributed by atoms with Gasteiger partial charge in [-0.05, 0) is 39.0 Å². The minimum atomic E-state index is -0.360. The molecule has 2 rings (SSSR count). The quantitative estimate of drug-likeness (QED) is 0.715. The van der Waals surface area contributed by atoms with E-state index in [-0.39, 0.29) is 24.1 Å². The maximum Gasteiger partial charge on any atom is 0.315 e. The Morgan fingerprint density at radius 1 is 1.35 bits per heavy atom. The number of nitrogens with one attached hydrogen (secondary N) is 2. The number of urea groups is 1. The van der Waals surface area contributed by atoms with E-state index in [0.29, 0.717) is 24.8 Å². The van der Waals surface area contributed by atoms with Crippen LogP contribution >= 0.6 is 0 Å². The summed E-state index contributed by atoms with van der Waals surface area (Å²) in [5.74, 6) is 1.82. The zero-order valence-corrected chi connectivity index (χ0v) is 14.2. The number of aromatic nitrogens is 2. The van der Waals surface area contributed by atoms with E-state index >= 15 is 0 Å². The highest BCUT2D eigenvalue weighted by Gasteiger charge is 2.24. The van der Waals surface area contributed by atoms with Gasteiger partial charge in [0.15, 0.2) is 5.82 Å². The predicted octanol–water partition coefficient (Wildman–Crippen LogP) is 2.49. The van der Waals surface area contributed by atoms with E-state index in [9.17, 15) is 9.90 Å². The van der Waals surface area contributed by atoms with Crippen LogP contribution in [0.15, 0.2) is 4.52 Å². The average molecular weight is 324 g/mol. The predicted molar refractivity (Wildman–Crippen MR) is 85.9 cm³/mol. The molecule has 3 unspecified atom stereocenters. The normalized spacial score (nSPS) is 19.3. The molecule has 7 nitrogen and oxygen atoms in total. The average Bonchev–Trinajstić information content (AvgIpc) is 3.14. The van der Waals surface area contributed by atoms with Gasteiger partial charge in [-0.1, -0.05) is 24.9 Å². The second kappa shape index (κ2) is 8.29. The molecular formula is C16H28N4O3. The lowest BCUT2D eigenvalue weighted by molar-refractivity contribution is 0.163. The van der Waals surface area contributed by atoms with E-state index in [2.05, 4.69) is 20.8 Å². The smallest absolute Gasteiger partial charge is 0.315 e. The van der Waals surface area contributed by atoms with Crippen LogP contribution in [-0.2, 0) is 0 Å². The molecule has 1 saturated carbocycles. The first kappa shape index (κ1) is 17.7. The first-order valence-corrected chi connectivity index (χ1v) is 8.51.